The van der Waals surface area contributed by atoms with Crippen LogP contribution in [0.3, 0.4) is 0 Å². The number of methoxy groups -OCH3 is 1. The summed E-state index contributed by atoms with van der Waals surface area (Å²) in [5, 5.41) is 12.1. The predicted octanol–water partition coefficient (Wildman–Crippen LogP) is 2.19. The molecule has 3 aromatic rings. The lowest BCUT2D eigenvalue weighted by molar-refractivity contribution is -0.172. The zero-order valence-corrected chi connectivity index (χ0v) is 16.7. The van der Waals surface area contributed by atoms with Gasteiger partial charge in [0.25, 0.3) is 5.56 Å². The number of aliphatic hydroxyl groups is 1. The fraction of sp³-hybridized carbons (Fsp3) is 0.348. The molecule has 1 aliphatic carbocycles. The molecule has 1 atom stereocenters. The molecular weight excluding hydrogens is 384 g/mol. The summed E-state index contributed by atoms with van der Waals surface area (Å²) >= 11 is 0. The quantitative estimate of drug-likeness (QED) is 0.515. The van der Waals surface area contributed by atoms with Gasteiger partial charge in [-0.3, -0.25) is 4.79 Å². The Morgan fingerprint density at radius 3 is 2.77 bits per heavy atom. The summed E-state index contributed by atoms with van der Waals surface area (Å²) in [7, 11) is 1.68. The minimum Gasteiger partial charge on any atom is -0.496 e. The summed E-state index contributed by atoms with van der Waals surface area (Å²) in [6, 6.07) is 5.65. The first-order valence-corrected chi connectivity index (χ1v) is 10.2. The van der Waals surface area contributed by atoms with Crippen molar-refractivity contribution in [1.29, 1.82) is 0 Å². The van der Waals surface area contributed by atoms with Crippen molar-refractivity contribution in [3.63, 3.8) is 0 Å². The van der Waals surface area contributed by atoms with Crippen molar-refractivity contribution in [1.82, 2.24) is 9.55 Å². The molecule has 30 heavy (non-hydrogen) atoms. The molecule has 2 aromatic heterocycles. The molecule has 0 radical (unpaired) electrons. The molecule has 1 unspecified atom stereocenters. The van der Waals surface area contributed by atoms with Crippen molar-refractivity contribution in [3.8, 4) is 17.1 Å². The molecule has 7 nitrogen and oxygen atoms in total. The van der Waals surface area contributed by atoms with Gasteiger partial charge in [-0.25, -0.2) is 9.78 Å². The fourth-order valence-corrected chi connectivity index (χ4v) is 5.29. The van der Waals surface area contributed by atoms with Gasteiger partial charge in [-0.05, 0) is 43.0 Å². The monoisotopic (exact) mass is 404 g/mol. The van der Waals surface area contributed by atoms with Crippen molar-refractivity contribution in [3.05, 3.63) is 56.4 Å². The number of ether oxygens (including phenoxy) is 2. The van der Waals surface area contributed by atoms with Gasteiger partial charge in [-0.15, -0.1) is 0 Å². The maximum absolute atomic E-state index is 13.3. The van der Waals surface area contributed by atoms with E-state index in [9.17, 15) is 14.7 Å². The van der Waals surface area contributed by atoms with Crippen molar-refractivity contribution >= 4 is 16.9 Å². The third-order valence-corrected chi connectivity index (χ3v) is 6.88. The SMILES string of the molecule is CCC1(O)C(=O)OCc2c1cc1n(c2=O)Cc2c-1nc1ccc(OC)c3c1c2CC3. The van der Waals surface area contributed by atoms with E-state index in [2.05, 4.69) is 0 Å². The number of fused-ring (bicyclic) bond motifs is 5. The van der Waals surface area contributed by atoms with Gasteiger partial charge in [0, 0.05) is 22.1 Å². The first kappa shape index (κ1) is 17.7. The van der Waals surface area contributed by atoms with E-state index < -0.39 is 11.6 Å². The highest BCUT2D eigenvalue weighted by Crippen LogP contribution is 2.44. The largest absolute Gasteiger partial charge is 0.496 e. The highest BCUT2D eigenvalue weighted by molar-refractivity contribution is 5.94. The molecule has 0 bridgehead atoms. The van der Waals surface area contributed by atoms with Crippen molar-refractivity contribution in [2.24, 2.45) is 0 Å². The van der Waals surface area contributed by atoms with E-state index in [0.29, 0.717) is 23.4 Å². The second-order valence-corrected chi connectivity index (χ2v) is 8.16. The Morgan fingerprint density at radius 2 is 2.00 bits per heavy atom. The lowest BCUT2D eigenvalue weighted by Crippen LogP contribution is -2.44. The molecule has 0 saturated heterocycles. The molecule has 2 aliphatic heterocycles. The maximum atomic E-state index is 13.3. The molecule has 7 heteroatoms. The molecule has 3 aliphatic rings. The number of esters is 1. The van der Waals surface area contributed by atoms with Gasteiger partial charge in [0.05, 0.1) is 36.1 Å². The van der Waals surface area contributed by atoms with E-state index in [1.165, 1.54) is 11.1 Å². The van der Waals surface area contributed by atoms with Gasteiger partial charge in [0.15, 0.2) is 5.60 Å². The molecule has 0 fully saturated rings. The zero-order valence-electron chi connectivity index (χ0n) is 16.7. The Balaban J connectivity index is 1.65. The second-order valence-electron chi connectivity index (χ2n) is 8.16. The normalized spacial score (nSPS) is 20.7. The summed E-state index contributed by atoms with van der Waals surface area (Å²) in [4.78, 5) is 30.5. The summed E-state index contributed by atoms with van der Waals surface area (Å²) in [5.41, 5.74) is 4.36. The number of carbonyl (C=O) groups excluding carboxylic acids is 1. The average molecular weight is 404 g/mol. The van der Waals surface area contributed by atoms with Crippen molar-refractivity contribution in [2.45, 2.75) is 44.9 Å². The van der Waals surface area contributed by atoms with Crippen LogP contribution in [-0.4, -0.2) is 27.7 Å². The zero-order chi connectivity index (χ0) is 20.8. The lowest BCUT2D eigenvalue weighted by atomic mass is 9.86. The third kappa shape index (κ3) is 1.96. The first-order valence-electron chi connectivity index (χ1n) is 10.2. The van der Waals surface area contributed by atoms with Crippen LogP contribution in [0.4, 0.5) is 0 Å². The number of nitrogens with zero attached hydrogens (tertiary/aromatic N) is 2. The average Bonchev–Trinajstić information content (AvgIpc) is 3.35. The number of carbonyl (C=O) groups is 1. The first-order chi connectivity index (χ1) is 14.5. The standard InChI is InChI=1S/C23H20N2O5/c1-3-23(28)15-8-17-20-13(9-25(17)21(26)14(15)10-30-22(23)27)11-4-5-12-18(29-2)7-6-16(24-20)19(11)12/h6-8,28H,3-5,9-10H2,1-2H3. The highest BCUT2D eigenvalue weighted by Gasteiger charge is 2.45. The lowest BCUT2D eigenvalue weighted by Gasteiger charge is -2.31. The molecule has 152 valence electrons. The number of aryl methyl sites for hydroxylation is 2. The minimum absolute atomic E-state index is 0.116. The van der Waals surface area contributed by atoms with Gasteiger partial charge in [-0.1, -0.05) is 6.92 Å². The Labute approximate surface area is 171 Å². The van der Waals surface area contributed by atoms with Crippen LogP contribution in [0, 0.1) is 0 Å². The molecule has 0 spiro atoms. The van der Waals surface area contributed by atoms with Crippen LogP contribution >= 0.6 is 0 Å². The third-order valence-electron chi connectivity index (χ3n) is 6.88. The van der Waals surface area contributed by atoms with Crippen LogP contribution in [-0.2, 0) is 41.1 Å². The summed E-state index contributed by atoms with van der Waals surface area (Å²) in [5.74, 6) is 0.164. The molecule has 1 N–H and O–H groups in total. The summed E-state index contributed by atoms with van der Waals surface area (Å²) in [6.07, 6.45) is 1.89. The van der Waals surface area contributed by atoms with Crippen LogP contribution in [0.5, 0.6) is 5.75 Å². The van der Waals surface area contributed by atoms with Crippen LogP contribution in [0.25, 0.3) is 22.3 Å². The Hall–Kier alpha value is -3.19. The van der Waals surface area contributed by atoms with Crippen LogP contribution in [0.2, 0.25) is 0 Å². The number of aromatic nitrogens is 2. The topological polar surface area (TPSA) is 90.7 Å². The van der Waals surface area contributed by atoms with Crippen molar-refractivity contribution in [2.75, 3.05) is 7.11 Å². The van der Waals surface area contributed by atoms with Gasteiger partial charge >= 0.3 is 5.97 Å². The molecule has 6 rings (SSSR count). The van der Waals surface area contributed by atoms with Crippen molar-refractivity contribution < 1.29 is 19.4 Å². The van der Waals surface area contributed by atoms with E-state index in [-0.39, 0.29) is 18.6 Å². The Bertz CT molecular complexity index is 1360. The minimum atomic E-state index is -1.81. The molecule has 0 saturated carbocycles. The Kier molecular flexibility index (Phi) is 3.35. The fourth-order valence-electron chi connectivity index (χ4n) is 5.29. The van der Waals surface area contributed by atoms with E-state index in [1.807, 2.05) is 12.1 Å². The van der Waals surface area contributed by atoms with E-state index in [1.54, 1.807) is 24.7 Å². The second kappa shape index (κ2) is 5.70. The van der Waals surface area contributed by atoms with Gasteiger partial charge < -0.3 is 19.1 Å². The van der Waals surface area contributed by atoms with Gasteiger partial charge in [0.2, 0.25) is 0 Å². The number of benzene rings is 1. The van der Waals surface area contributed by atoms with Gasteiger partial charge in [-0.2, -0.15) is 0 Å². The van der Waals surface area contributed by atoms with E-state index in [0.717, 1.165) is 40.8 Å². The highest BCUT2D eigenvalue weighted by atomic mass is 16.6. The number of pyridine rings is 2. The Morgan fingerprint density at radius 1 is 1.20 bits per heavy atom. The number of hydrogen-bond donors (Lipinski definition) is 1. The van der Waals surface area contributed by atoms with Gasteiger partial charge in [0.1, 0.15) is 12.4 Å². The summed E-state index contributed by atoms with van der Waals surface area (Å²) < 4.78 is 12.4. The molecule has 0 amide bonds. The smallest absolute Gasteiger partial charge is 0.343 e. The van der Waals surface area contributed by atoms with Crippen LogP contribution < -0.4 is 10.3 Å². The molecule has 1 aromatic carbocycles. The number of hydrogen-bond acceptors (Lipinski definition) is 6. The molecule has 4 heterocycles. The van der Waals surface area contributed by atoms with Crippen LogP contribution in [0.1, 0.15) is 41.2 Å². The number of cyclic esters (lactones) is 1. The van der Waals surface area contributed by atoms with E-state index in [4.69, 9.17) is 14.5 Å². The summed E-state index contributed by atoms with van der Waals surface area (Å²) in [6.45, 7) is 2.02. The van der Waals surface area contributed by atoms with E-state index >= 15 is 0 Å². The number of rotatable bonds is 2. The maximum Gasteiger partial charge on any atom is 0.343 e. The van der Waals surface area contributed by atoms with Crippen LogP contribution in [0.15, 0.2) is 23.0 Å². The predicted molar refractivity (Wildman–Crippen MR) is 108 cm³/mol. The molecular formula is C23H20N2O5.